The van der Waals surface area contributed by atoms with Gasteiger partial charge in [0.1, 0.15) is 5.84 Å². The fourth-order valence-corrected chi connectivity index (χ4v) is 2.34. The number of thioether (sulfide) groups is 1. The maximum atomic E-state index is 8.79. The Morgan fingerprint density at radius 1 is 1.38 bits per heavy atom. The summed E-state index contributed by atoms with van der Waals surface area (Å²) >= 11 is 1.81. The topological polar surface area (TPSA) is 58.6 Å². The van der Waals surface area contributed by atoms with Gasteiger partial charge in [-0.1, -0.05) is 49.3 Å². The van der Waals surface area contributed by atoms with Crippen LogP contribution in [0, 0.1) is 0 Å². The molecule has 0 heterocycles. The predicted octanol–water partition coefficient (Wildman–Crippen LogP) is 2.66. The Kier molecular flexibility index (Phi) is 5.19. The van der Waals surface area contributed by atoms with Crippen LogP contribution in [0.4, 0.5) is 0 Å². The molecule has 1 rings (SSSR count). The molecule has 1 unspecified atom stereocenters. The van der Waals surface area contributed by atoms with Crippen molar-refractivity contribution in [2.75, 3.05) is 5.75 Å². The van der Waals surface area contributed by atoms with Crippen LogP contribution in [-0.2, 0) is 0 Å². The third-order valence-electron chi connectivity index (χ3n) is 2.27. The molecule has 4 heteroatoms. The normalized spacial score (nSPS) is 14.1. The number of nitrogens with zero attached hydrogens (tertiary/aromatic N) is 1. The smallest absolute Gasteiger partial charge is 0.147 e. The van der Waals surface area contributed by atoms with Crippen LogP contribution in [0.15, 0.2) is 35.5 Å². The van der Waals surface area contributed by atoms with Crippen molar-refractivity contribution in [1.82, 2.24) is 0 Å². The summed E-state index contributed by atoms with van der Waals surface area (Å²) in [6.07, 6.45) is 0. The average molecular weight is 238 g/mol. The maximum absolute atomic E-state index is 8.79. The highest BCUT2D eigenvalue weighted by atomic mass is 32.2. The lowest BCUT2D eigenvalue weighted by atomic mass is 10.0. The van der Waals surface area contributed by atoms with Gasteiger partial charge in [-0.25, -0.2) is 0 Å². The Hall–Kier alpha value is -1.16. The first-order valence-electron chi connectivity index (χ1n) is 5.29. The maximum Gasteiger partial charge on any atom is 0.147 e. The minimum atomic E-state index is -0.0152. The van der Waals surface area contributed by atoms with Gasteiger partial charge in [-0.3, -0.25) is 0 Å². The molecule has 0 fully saturated rings. The molecular weight excluding hydrogens is 220 g/mol. The number of hydrogen-bond acceptors (Lipinski definition) is 3. The van der Waals surface area contributed by atoms with E-state index in [9.17, 15) is 0 Å². The van der Waals surface area contributed by atoms with Gasteiger partial charge < -0.3 is 10.9 Å². The molecule has 0 saturated carbocycles. The SMILES string of the molecule is CC(C)SCC(C(N)=NO)c1ccccc1. The molecule has 0 amide bonds. The van der Waals surface area contributed by atoms with Crippen molar-refractivity contribution >= 4 is 17.6 Å². The van der Waals surface area contributed by atoms with Crippen molar-refractivity contribution in [3.05, 3.63) is 35.9 Å². The Bertz CT molecular complexity index is 338. The highest BCUT2D eigenvalue weighted by molar-refractivity contribution is 7.99. The molecule has 88 valence electrons. The van der Waals surface area contributed by atoms with Crippen molar-refractivity contribution in [3.63, 3.8) is 0 Å². The average Bonchev–Trinajstić information content (AvgIpc) is 2.30. The molecule has 0 saturated heterocycles. The second-order valence-electron chi connectivity index (χ2n) is 3.87. The third kappa shape index (κ3) is 3.77. The highest BCUT2D eigenvalue weighted by Crippen LogP contribution is 2.23. The predicted molar refractivity (Wildman–Crippen MR) is 70.2 cm³/mol. The third-order valence-corrected chi connectivity index (χ3v) is 3.46. The summed E-state index contributed by atoms with van der Waals surface area (Å²) < 4.78 is 0. The molecule has 1 atom stereocenters. The standard InChI is InChI=1S/C12H18N2OS/c1-9(2)16-8-11(12(13)14-15)10-6-4-3-5-7-10/h3-7,9,11,15H,8H2,1-2H3,(H2,13,14). The quantitative estimate of drug-likeness (QED) is 0.359. The van der Waals surface area contributed by atoms with E-state index in [0.29, 0.717) is 5.25 Å². The van der Waals surface area contributed by atoms with E-state index in [4.69, 9.17) is 10.9 Å². The van der Waals surface area contributed by atoms with Crippen LogP contribution in [0.2, 0.25) is 0 Å². The molecule has 0 aromatic heterocycles. The minimum Gasteiger partial charge on any atom is -0.409 e. The van der Waals surface area contributed by atoms with Crippen LogP contribution < -0.4 is 5.73 Å². The van der Waals surface area contributed by atoms with Gasteiger partial charge in [0, 0.05) is 5.75 Å². The number of hydrogen-bond donors (Lipinski definition) is 2. The first kappa shape index (κ1) is 12.9. The summed E-state index contributed by atoms with van der Waals surface area (Å²) in [5, 5.41) is 12.4. The van der Waals surface area contributed by atoms with Crippen LogP contribution in [0.5, 0.6) is 0 Å². The Morgan fingerprint density at radius 3 is 2.50 bits per heavy atom. The lowest BCUT2D eigenvalue weighted by Gasteiger charge is -2.16. The first-order valence-corrected chi connectivity index (χ1v) is 6.34. The van der Waals surface area contributed by atoms with E-state index in [1.54, 1.807) is 11.8 Å². The van der Waals surface area contributed by atoms with Gasteiger partial charge in [0.05, 0.1) is 5.92 Å². The van der Waals surface area contributed by atoms with Gasteiger partial charge >= 0.3 is 0 Å². The zero-order valence-electron chi connectivity index (χ0n) is 9.63. The van der Waals surface area contributed by atoms with Gasteiger partial charge in [-0.05, 0) is 10.8 Å². The zero-order valence-corrected chi connectivity index (χ0v) is 10.4. The Labute approximate surface area is 101 Å². The summed E-state index contributed by atoms with van der Waals surface area (Å²) in [6.45, 7) is 4.28. The van der Waals surface area contributed by atoms with Crippen LogP contribution in [0.1, 0.15) is 25.3 Å². The van der Waals surface area contributed by atoms with Crippen LogP contribution in [0.25, 0.3) is 0 Å². The zero-order chi connectivity index (χ0) is 12.0. The molecule has 0 aliphatic carbocycles. The number of amidine groups is 1. The summed E-state index contributed by atoms with van der Waals surface area (Å²) in [5.74, 6) is 1.09. The largest absolute Gasteiger partial charge is 0.409 e. The molecule has 0 radical (unpaired) electrons. The molecular formula is C12H18N2OS. The number of oxime groups is 1. The van der Waals surface area contributed by atoms with Crippen LogP contribution in [0.3, 0.4) is 0 Å². The van der Waals surface area contributed by atoms with Gasteiger partial charge in [0.2, 0.25) is 0 Å². The van der Waals surface area contributed by atoms with Gasteiger partial charge in [0.15, 0.2) is 0 Å². The van der Waals surface area contributed by atoms with Crippen LogP contribution >= 0.6 is 11.8 Å². The molecule has 1 aromatic rings. The van der Waals surface area contributed by atoms with Crippen molar-refractivity contribution in [2.24, 2.45) is 10.9 Å². The summed E-state index contributed by atoms with van der Waals surface area (Å²) in [6, 6.07) is 9.90. The van der Waals surface area contributed by atoms with E-state index >= 15 is 0 Å². The lowest BCUT2D eigenvalue weighted by molar-refractivity contribution is 0.316. The van der Waals surface area contributed by atoms with E-state index in [1.165, 1.54) is 0 Å². The van der Waals surface area contributed by atoms with Crippen molar-refractivity contribution in [2.45, 2.75) is 25.0 Å². The molecule has 1 aromatic carbocycles. The second kappa shape index (κ2) is 6.43. The van der Waals surface area contributed by atoms with Crippen molar-refractivity contribution in [3.8, 4) is 0 Å². The van der Waals surface area contributed by atoms with Crippen LogP contribution in [-0.4, -0.2) is 22.0 Å². The molecule has 3 N–H and O–H groups in total. The van der Waals surface area contributed by atoms with Gasteiger partial charge in [-0.2, -0.15) is 11.8 Å². The molecule has 0 spiro atoms. The molecule has 3 nitrogen and oxygen atoms in total. The first-order chi connectivity index (χ1) is 7.65. The Balaban J connectivity index is 2.80. The number of rotatable bonds is 5. The molecule has 0 aliphatic rings. The van der Waals surface area contributed by atoms with E-state index in [0.717, 1.165) is 11.3 Å². The van der Waals surface area contributed by atoms with Gasteiger partial charge in [0.25, 0.3) is 0 Å². The van der Waals surface area contributed by atoms with Crippen molar-refractivity contribution < 1.29 is 5.21 Å². The molecule has 0 bridgehead atoms. The number of nitrogens with two attached hydrogens (primary N) is 1. The monoisotopic (exact) mass is 238 g/mol. The Morgan fingerprint density at radius 2 is 2.00 bits per heavy atom. The number of benzene rings is 1. The van der Waals surface area contributed by atoms with E-state index < -0.39 is 0 Å². The highest BCUT2D eigenvalue weighted by Gasteiger charge is 2.16. The second-order valence-corrected chi connectivity index (χ2v) is 5.48. The lowest BCUT2D eigenvalue weighted by Crippen LogP contribution is -2.24. The van der Waals surface area contributed by atoms with E-state index in [1.807, 2.05) is 30.3 Å². The summed E-state index contributed by atoms with van der Waals surface area (Å²) in [5.41, 5.74) is 6.81. The summed E-state index contributed by atoms with van der Waals surface area (Å²) in [7, 11) is 0. The minimum absolute atomic E-state index is 0.0152. The van der Waals surface area contributed by atoms with E-state index in [-0.39, 0.29) is 11.8 Å². The summed E-state index contributed by atoms with van der Waals surface area (Å²) in [4.78, 5) is 0. The molecule has 16 heavy (non-hydrogen) atoms. The fourth-order valence-electron chi connectivity index (χ4n) is 1.40. The molecule has 0 aliphatic heterocycles. The van der Waals surface area contributed by atoms with Gasteiger partial charge in [-0.15, -0.1) is 0 Å². The fraction of sp³-hybridized carbons (Fsp3) is 0.417. The van der Waals surface area contributed by atoms with Crippen molar-refractivity contribution in [1.29, 1.82) is 0 Å². The van der Waals surface area contributed by atoms with E-state index in [2.05, 4.69) is 19.0 Å².